The second-order valence-electron chi connectivity index (χ2n) is 4.94. The topological polar surface area (TPSA) is 42.7 Å². The third kappa shape index (κ3) is 2.86. The van der Waals surface area contributed by atoms with Crippen LogP contribution in [0, 0.1) is 0 Å². The Morgan fingerprint density at radius 1 is 1.20 bits per heavy atom. The van der Waals surface area contributed by atoms with Gasteiger partial charge in [-0.15, -0.1) is 0 Å². The van der Waals surface area contributed by atoms with Crippen molar-refractivity contribution in [3.63, 3.8) is 0 Å². The lowest BCUT2D eigenvalue weighted by molar-refractivity contribution is 0.688. The fourth-order valence-electron chi connectivity index (χ4n) is 2.37. The predicted molar refractivity (Wildman–Crippen MR) is 80.4 cm³/mol. The molecule has 0 spiro atoms. The predicted octanol–water partition coefficient (Wildman–Crippen LogP) is 2.30. The zero-order valence-corrected chi connectivity index (χ0v) is 11.6. The minimum atomic E-state index is 0.864. The molecule has 2 aromatic heterocycles. The molecule has 1 aromatic carbocycles. The first-order valence-corrected chi connectivity index (χ1v) is 6.84. The van der Waals surface area contributed by atoms with Gasteiger partial charge in [0, 0.05) is 31.4 Å². The van der Waals surface area contributed by atoms with E-state index in [1.54, 1.807) is 0 Å². The Balaban J connectivity index is 1.60. The molecule has 102 valence electrons. The van der Waals surface area contributed by atoms with Gasteiger partial charge in [0.05, 0.1) is 11.7 Å². The second kappa shape index (κ2) is 5.84. The Labute approximate surface area is 118 Å². The summed E-state index contributed by atoms with van der Waals surface area (Å²) in [6, 6.07) is 10.3. The molecule has 20 heavy (non-hydrogen) atoms. The number of hydrogen-bond donors (Lipinski definition) is 1. The summed E-state index contributed by atoms with van der Waals surface area (Å²) in [6.07, 6.45) is 6.85. The van der Waals surface area contributed by atoms with E-state index in [1.807, 2.05) is 30.2 Å². The third-order valence-electron chi connectivity index (χ3n) is 3.40. The van der Waals surface area contributed by atoms with E-state index >= 15 is 0 Å². The number of nitrogens with one attached hydrogen (secondary N) is 1. The summed E-state index contributed by atoms with van der Waals surface area (Å²) in [7, 11) is 1.94. The van der Waals surface area contributed by atoms with Crippen LogP contribution in [0.2, 0.25) is 0 Å². The van der Waals surface area contributed by atoms with Crippen LogP contribution in [0.1, 0.15) is 11.1 Å². The molecule has 3 rings (SSSR count). The lowest BCUT2D eigenvalue weighted by atomic mass is 10.1. The first-order chi connectivity index (χ1) is 9.83. The van der Waals surface area contributed by atoms with E-state index in [0.717, 1.165) is 25.0 Å². The Bertz CT molecular complexity index is 697. The maximum absolute atomic E-state index is 4.38. The number of benzene rings is 1. The van der Waals surface area contributed by atoms with Crippen LogP contribution in [0.15, 0.2) is 48.9 Å². The van der Waals surface area contributed by atoms with Crippen LogP contribution >= 0.6 is 0 Å². The van der Waals surface area contributed by atoms with Gasteiger partial charge in [0.1, 0.15) is 0 Å². The molecular formula is C16H18N4. The molecule has 0 atom stereocenters. The molecule has 4 nitrogen and oxygen atoms in total. The van der Waals surface area contributed by atoms with Gasteiger partial charge in [-0.05, 0) is 36.2 Å². The molecule has 0 radical (unpaired) electrons. The summed E-state index contributed by atoms with van der Waals surface area (Å²) < 4.78 is 1.84. The van der Waals surface area contributed by atoms with E-state index in [9.17, 15) is 0 Å². The zero-order chi connectivity index (χ0) is 13.8. The van der Waals surface area contributed by atoms with E-state index < -0.39 is 0 Å². The van der Waals surface area contributed by atoms with E-state index in [2.05, 4.69) is 45.9 Å². The highest BCUT2D eigenvalue weighted by Crippen LogP contribution is 2.15. The van der Waals surface area contributed by atoms with Crippen molar-refractivity contribution in [1.82, 2.24) is 20.1 Å². The number of hydrogen-bond acceptors (Lipinski definition) is 3. The normalized spacial score (nSPS) is 11.1. The third-order valence-corrected chi connectivity index (χ3v) is 3.40. The molecule has 0 amide bonds. The van der Waals surface area contributed by atoms with E-state index in [4.69, 9.17) is 0 Å². The van der Waals surface area contributed by atoms with Gasteiger partial charge in [0.25, 0.3) is 0 Å². The highest BCUT2D eigenvalue weighted by Gasteiger charge is 2.01. The number of rotatable bonds is 5. The zero-order valence-electron chi connectivity index (χ0n) is 11.6. The standard InChI is InChI=1S/C16H18N4/c1-20-12-13(10-19-20)6-8-17-11-14-7-9-18-16-5-3-2-4-15(14)16/h2-5,7,9-10,12,17H,6,8,11H2,1H3. The van der Waals surface area contributed by atoms with Crippen LogP contribution in [-0.2, 0) is 20.0 Å². The monoisotopic (exact) mass is 266 g/mol. The van der Waals surface area contributed by atoms with Gasteiger partial charge >= 0.3 is 0 Å². The SMILES string of the molecule is Cn1cc(CCNCc2ccnc3ccccc23)cn1. The van der Waals surface area contributed by atoms with Gasteiger partial charge in [-0.3, -0.25) is 9.67 Å². The molecule has 0 bridgehead atoms. The summed E-state index contributed by atoms with van der Waals surface area (Å²) in [5.41, 5.74) is 3.61. The average molecular weight is 266 g/mol. The van der Waals surface area contributed by atoms with Crippen LogP contribution in [0.4, 0.5) is 0 Å². The number of aromatic nitrogens is 3. The Kier molecular flexibility index (Phi) is 3.74. The summed E-state index contributed by atoms with van der Waals surface area (Å²) in [5.74, 6) is 0. The van der Waals surface area contributed by atoms with Crippen LogP contribution in [0.25, 0.3) is 10.9 Å². The van der Waals surface area contributed by atoms with E-state index in [0.29, 0.717) is 0 Å². The molecule has 1 N–H and O–H groups in total. The first kappa shape index (κ1) is 12.8. The van der Waals surface area contributed by atoms with E-state index in [1.165, 1.54) is 16.5 Å². The Hall–Kier alpha value is -2.20. The minimum absolute atomic E-state index is 0.864. The molecule has 0 aliphatic heterocycles. The largest absolute Gasteiger partial charge is 0.312 e. The minimum Gasteiger partial charge on any atom is -0.312 e. The Morgan fingerprint density at radius 3 is 2.95 bits per heavy atom. The molecule has 0 unspecified atom stereocenters. The van der Waals surface area contributed by atoms with Crippen molar-refractivity contribution in [2.75, 3.05) is 6.54 Å². The van der Waals surface area contributed by atoms with Gasteiger partial charge in [-0.25, -0.2) is 0 Å². The molecule has 0 saturated carbocycles. The lowest BCUT2D eigenvalue weighted by Crippen LogP contribution is -2.16. The molecule has 0 fully saturated rings. The van der Waals surface area contributed by atoms with E-state index in [-0.39, 0.29) is 0 Å². The maximum Gasteiger partial charge on any atom is 0.0705 e. The number of aryl methyl sites for hydroxylation is 1. The van der Waals surface area contributed by atoms with Crippen LogP contribution in [0.5, 0.6) is 0 Å². The van der Waals surface area contributed by atoms with Gasteiger partial charge in [-0.2, -0.15) is 5.10 Å². The van der Waals surface area contributed by atoms with Crippen molar-refractivity contribution in [3.05, 3.63) is 60.0 Å². The van der Waals surface area contributed by atoms with Crippen molar-refractivity contribution >= 4 is 10.9 Å². The van der Waals surface area contributed by atoms with Crippen molar-refractivity contribution in [2.45, 2.75) is 13.0 Å². The second-order valence-corrected chi connectivity index (χ2v) is 4.94. The maximum atomic E-state index is 4.38. The summed E-state index contributed by atoms with van der Waals surface area (Å²) in [6.45, 7) is 1.81. The van der Waals surface area contributed by atoms with Gasteiger partial charge in [-0.1, -0.05) is 18.2 Å². The summed E-state index contributed by atoms with van der Waals surface area (Å²) >= 11 is 0. The summed E-state index contributed by atoms with van der Waals surface area (Å²) in [5, 5.41) is 8.89. The van der Waals surface area contributed by atoms with Crippen molar-refractivity contribution in [1.29, 1.82) is 0 Å². The number of pyridine rings is 1. The van der Waals surface area contributed by atoms with Crippen molar-refractivity contribution in [3.8, 4) is 0 Å². The van der Waals surface area contributed by atoms with Crippen LogP contribution < -0.4 is 5.32 Å². The van der Waals surface area contributed by atoms with Gasteiger partial charge < -0.3 is 5.32 Å². The molecule has 3 aromatic rings. The fraction of sp³-hybridized carbons (Fsp3) is 0.250. The number of fused-ring (bicyclic) bond motifs is 1. The highest BCUT2D eigenvalue weighted by molar-refractivity contribution is 5.81. The Morgan fingerprint density at radius 2 is 2.10 bits per heavy atom. The molecule has 4 heteroatoms. The molecule has 2 heterocycles. The molecule has 0 saturated heterocycles. The van der Waals surface area contributed by atoms with Crippen molar-refractivity contribution < 1.29 is 0 Å². The average Bonchev–Trinajstić information content (AvgIpc) is 2.89. The van der Waals surface area contributed by atoms with Gasteiger partial charge in [0.2, 0.25) is 0 Å². The molecule has 0 aliphatic rings. The first-order valence-electron chi connectivity index (χ1n) is 6.84. The fourth-order valence-corrected chi connectivity index (χ4v) is 2.37. The highest BCUT2D eigenvalue weighted by atomic mass is 15.2. The quantitative estimate of drug-likeness (QED) is 0.721. The van der Waals surface area contributed by atoms with Crippen LogP contribution in [-0.4, -0.2) is 21.3 Å². The molecule has 0 aliphatic carbocycles. The summed E-state index contributed by atoms with van der Waals surface area (Å²) in [4.78, 5) is 4.38. The van der Waals surface area contributed by atoms with Crippen LogP contribution in [0.3, 0.4) is 0 Å². The lowest BCUT2D eigenvalue weighted by Gasteiger charge is -2.07. The van der Waals surface area contributed by atoms with Gasteiger partial charge in [0.15, 0.2) is 0 Å². The molecular weight excluding hydrogens is 248 g/mol. The number of nitrogens with zero attached hydrogens (tertiary/aromatic N) is 3. The van der Waals surface area contributed by atoms with Crippen molar-refractivity contribution in [2.24, 2.45) is 7.05 Å². The number of para-hydroxylation sites is 1. The smallest absolute Gasteiger partial charge is 0.0705 e.